The number of nitrogens with two attached hydrogens (primary N) is 1. The van der Waals surface area contributed by atoms with Gasteiger partial charge in [-0.15, -0.1) is 0 Å². The molecule has 0 bridgehead atoms. The van der Waals surface area contributed by atoms with Gasteiger partial charge in [-0.2, -0.15) is 0 Å². The zero-order valence-corrected chi connectivity index (χ0v) is 11.0. The van der Waals surface area contributed by atoms with Crippen LogP contribution in [0.3, 0.4) is 0 Å². The molecule has 1 aromatic carbocycles. The van der Waals surface area contributed by atoms with Gasteiger partial charge in [-0.3, -0.25) is 0 Å². The molecule has 0 atom stereocenters. The standard InChI is InChI=1S/C6H3Cl2I2N/c7-2-1-3(9)6(11)5(10)4(2)8/h1H,11H2. The van der Waals surface area contributed by atoms with Gasteiger partial charge in [-0.05, 0) is 51.2 Å². The third-order valence-corrected chi connectivity index (χ3v) is 4.27. The molecule has 0 spiro atoms. The van der Waals surface area contributed by atoms with E-state index in [4.69, 9.17) is 28.9 Å². The fraction of sp³-hybridized carbons (Fsp3) is 0. The van der Waals surface area contributed by atoms with E-state index in [1.54, 1.807) is 6.07 Å². The normalized spacial score (nSPS) is 10.2. The van der Waals surface area contributed by atoms with Crippen LogP contribution in [-0.2, 0) is 0 Å². The summed E-state index contributed by atoms with van der Waals surface area (Å²) in [5, 5.41) is 1.08. The minimum atomic E-state index is 0.533. The predicted octanol–water partition coefficient (Wildman–Crippen LogP) is 3.78. The van der Waals surface area contributed by atoms with Gasteiger partial charge in [0.05, 0.1) is 19.3 Å². The monoisotopic (exact) mass is 413 g/mol. The fourth-order valence-electron chi connectivity index (χ4n) is 0.580. The van der Waals surface area contributed by atoms with Crippen molar-refractivity contribution in [1.82, 2.24) is 0 Å². The van der Waals surface area contributed by atoms with E-state index in [1.807, 2.05) is 0 Å². The first-order valence-corrected chi connectivity index (χ1v) is 5.54. The van der Waals surface area contributed by atoms with E-state index < -0.39 is 0 Å². The zero-order valence-electron chi connectivity index (χ0n) is 5.17. The fourth-order valence-corrected chi connectivity index (χ4v) is 2.96. The molecular weight excluding hydrogens is 411 g/mol. The van der Waals surface area contributed by atoms with Gasteiger partial charge < -0.3 is 5.73 Å². The van der Waals surface area contributed by atoms with Crippen LogP contribution in [0.25, 0.3) is 0 Å². The molecule has 2 N–H and O–H groups in total. The highest BCUT2D eigenvalue weighted by molar-refractivity contribution is 14.1. The molecule has 5 heteroatoms. The van der Waals surface area contributed by atoms with E-state index in [1.165, 1.54) is 0 Å². The summed E-state index contributed by atoms with van der Waals surface area (Å²) in [5.74, 6) is 0. The van der Waals surface area contributed by atoms with Crippen molar-refractivity contribution in [2.24, 2.45) is 0 Å². The van der Waals surface area contributed by atoms with Crippen molar-refractivity contribution in [2.45, 2.75) is 0 Å². The maximum Gasteiger partial charge on any atom is 0.0747 e. The molecule has 1 nitrogen and oxygen atoms in total. The molecule has 0 saturated heterocycles. The lowest BCUT2D eigenvalue weighted by atomic mass is 10.3. The van der Waals surface area contributed by atoms with Gasteiger partial charge in [0.2, 0.25) is 0 Å². The quantitative estimate of drug-likeness (QED) is 0.298. The van der Waals surface area contributed by atoms with Crippen LogP contribution >= 0.6 is 68.4 Å². The van der Waals surface area contributed by atoms with E-state index in [0.717, 1.165) is 7.14 Å². The lowest BCUT2D eigenvalue weighted by Crippen LogP contribution is -1.94. The van der Waals surface area contributed by atoms with E-state index in [9.17, 15) is 0 Å². The number of benzene rings is 1. The number of anilines is 1. The zero-order chi connectivity index (χ0) is 8.59. The smallest absolute Gasteiger partial charge is 0.0747 e. The van der Waals surface area contributed by atoms with Crippen LogP contribution in [0.5, 0.6) is 0 Å². The molecule has 0 heterocycles. The molecular formula is C6H3Cl2I2N. The molecule has 0 aliphatic heterocycles. The molecule has 1 rings (SSSR count). The Hall–Kier alpha value is 1.06. The van der Waals surface area contributed by atoms with Crippen molar-refractivity contribution >= 4 is 74.1 Å². The Morgan fingerprint density at radius 3 is 2.36 bits per heavy atom. The largest absolute Gasteiger partial charge is 0.397 e. The van der Waals surface area contributed by atoms with Crippen LogP contribution < -0.4 is 5.73 Å². The number of rotatable bonds is 0. The van der Waals surface area contributed by atoms with Crippen molar-refractivity contribution in [2.75, 3.05) is 5.73 Å². The molecule has 0 saturated carbocycles. The topological polar surface area (TPSA) is 26.0 Å². The van der Waals surface area contributed by atoms with E-state index in [2.05, 4.69) is 45.2 Å². The summed E-state index contributed by atoms with van der Waals surface area (Å²) in [7, 11) is 0. The van der Waals surface area contributed by atoms with E-state index in [-0.39, 0.29) is 0 Å². The summed E-state index contributed by atoms with van der Waals surface area (Å²) >= 11 is 15.8. The Kier molecular flexibility index (Phi) is 3.55. The number of nitrogen functional groups attached to an aromatic ring is 1. The Bertz CT molecular complexity index is 275. The second kappa shape index (κ2) is 3.85. The molecule has 1 aromatic rings. The maximum absolute atomic E-state index is 5.83. The third kappa shape index (κ3) is 2.05. The first-order valence-electron chi connectivity index (χ1n) is 2.62. The first kappa shape index (κ1) is 10.1. The SMILES string of the molecule is Nc1c(I)cc(Cl)c(Cl)c1I. The van der Waals surface area contributed by atoms with Crippen molar-refractivity contribution in [1.29, 1.82) is 0 Å². The second-order valence-electron chi connectivity index (χ2n) is 1.88. The summed E-state index contributed by atoms with van der Waals surface area (Å²) in [5.41, 5.74) is 6.39. The van der Waals surface area contributed by atoms with Gasteiger partial charge in [-0.1, -0.05) is 23.2 Å². The Labute approximate surface area is 102 Å². The second-order valence-corrected chi connectivity index (χ2v) is 4.91. The maximum atomic E-state index is 5.83. The van der Waals surface area contributed by atoms with Gasteiger partial charge in [0.25, 0.3) is 0 Å². The molecule has 0 aliphatic rings. The Morgan fingerprint density at radius 1 is 1.27 bits per heavy atom. The van der Waals surface area contributed by atoms with Gasteiger partial charge in [0, 0.05) is 3.57 Å². The lowest BCUT2D eigenvalue weighted by Gasteiger charge is -2.04. The lowest BCUT2D eigenvalue weighted by molar-refractivity contribution is 1.58. The highest BCUT2D eigenvalue weighted by Crippen LogP contribution is 2.34. The van der Waals surface area contributed by atoms with Crippen molar-refractivity contribution < 1.29 is 0 Å². The molecule has 0 unspecified atom stereocenters. The Morgan fingerprint density at radius 2 is 1.82 bits per heavy atom. The highest BCUT2D eigenvalue weighted by Gasteiger charge is 2.09. The summed E-state index contributed by atoms with van der Waals surface area (Å²) in [4.78, 5) is 0. The molecule has 0 radical (unpaired) electrons. The van der Waals surface area contributed by atoms with Crippen molar-refractivity contribution in [3.8, 4) is 0 Å². The van der Waals surface area contributed by atoms with Crippen molar-refractivity contribution in [3.05, 3.63) is 23.3 Å². The minimum Gasteiger partial charge on any atom is -0.397 e. The molecule has 0 fully saturated rings. The minimum absolute atomic E-state index is 0.533. The van der Waals surface area contributed by atoms with Gasteiger partial charge in [-0.25, -0.2) is 0 Å². The van der Waals surface area contributed by atoms with Crippen LogP contribution in [0.4, 0.5) is 5.69 Å². The van der Waals surface area contributed by atoms with E-state index >= 15 is 0 Å². The number of hydrogen-bond acceptors (Lipinski definition) is 1. The van der Waals surface area contributed by atoms with Gasteiger partial charge in [0.1, 0.15) is 0 Å². The van der Waals surface area contributed by atoms with Gasteiger partial charge >= 0.3 is 0 Å². The molecule has 0 aliphatic carbocycles. The van der Waals surface area contributed by atoms with Crippen LogP contribution in [0, 0.1) is 7.14 Å². The average Bonchev–Trinajstić information content (AvgIpc) is 1.97. The number of hydrogen-bond donors (Lipinski definition) is 1. The summed E-state index contributed by atoms with van der Waals surface area (Å²) in [6, 6.07) is 1.75. The summed E-state index contributed by atoms with van der Waals surface area (Å²) in [6.07, 6.45) is 0. The molecule has 11 heavy (non-hydrogen) atoms. The van der Waals surface area contributed by atoms with Crippen LogP contribution in [-0.4, -0.2) is 0 Å². The summed E-state index contributed by atoms with van der Waals surface area (Å²) in [6.45, 7) is 0. The van der Waals surface area contributed by atoms with Crippen LogP contribution in [0.1, 0.15) is 0 Å². The first-order chi connectivity index (χ1) is 5.04. The van der Waals surface area contributed by atoms with Gasteiger partial charge in [0.15, 0.2) is 0 Å². The Balaban J connectivity index is 3.46. The van der Waals surface area contributed by atoms with Crippen LogP contribution in [0.15, 0.2) is 6.07 Å². The number of halogens is 4. The molecule has 0 amide bonds. The van der Waals surface area contributed by atoms with E-state index in [0.29, 0.717) is 15.7 Å². The predicted molar refractivity (Wildman–Crippen MR) is 66.3 cm³/mol. The molecule has 0 aromatic heterocycles. The average molecular weight is 414 g/mol. The van der Waals surface area contributed by atoms with Crippen molar-refractivity contribution in [3.63, 3.8) is 0 Å². The highest BCUT2D eigenvalue weighted by atomic mass is 127. The third-order valence-electron chi connectivity index (χ3n) is 1.15. The van der Waals surface area contributed by atoms with Crippen LogP contribution in [0.2, 0.25) is 10.0 Å². The molecule has 60 valence electrons. The summed E-state index contributed by atoms with van der Waals surface area (Å²) < 4.78 is 1.75.